The van der Waals surface area contributed by atoms with Crippen molar-refractivity contribution in [3.8, 4) is 5.75 Å². The highest BCUT2D eigenvalue weighted by Crippen LogP contribution is 2.31. The van der Waals surface area contributed by atoms with Gasteiger partial charge in [0.05, 0.1) is 24.8 Å². The number of para-hydroxylation sites is 1. The third kappa shape index (κ3) is 6.73. The monoisotopic (exact) mass is 547 g/mol. The van der Waals surface area contributed by atoms with Gasteiger partial charge in [-0.25, -0.2) is 13.1 Å². The maximum absolute atomic E-state index is 13.7. The molecule has 202 valence electrons. The number of nitrogens with zero attached hydrogens (tertiary/aromatic N) is 1. The van der Waals surface area contributed by atoms with Crippen LogP contribution in [0.15, 0.2) is 107 Å². The van der Waals surface area contributed by atoms with Crippen LogP contribution >= 0.6 is 0 Å². The third-order valence-corrected chi connectivity index (χ3v) is 7.47. The number of hydrogen-bond acceptors (Lipinski definition) is 6. The summed E-state index contributed by atoms with van der Waals surface area (Å²) in [7, 11) is -2.39. The highest BCUT2D eigenvalue weighted by Gasteiger charge is 2.35. The Kier molecular flexibility index (Phi) is 8.80. The van der Waals surface area contributed by atoms with Gasteiger partial charge in [-0.2, -0.15) is 0 Å². The zero-order valence-corrected chi connectivity index (χ0v) is 22.4. The molecule has 0 unspecified atom stereocenters. The van der Waals surface area contributed by atoms with E-state index >= 15 is 0 Å². The molecule has 0 radical (unpaired) electrons. The van der Waals surface area contributed by atoms with Crippen LogP contribution in [0.5, 0.6) is 5.75 Å². The van der Waals surface area contributed by atoms with Crippen molar-refractivity contribution >= 4 is 27.5 Å². The van der Waals surface area contributed by atoms with E-state index < -0.39 is 34.4 Å². The number of anilines is 1. The molecule has 0 bridgehead atoms. The maximum atomic E-state index is 13.7. The molecule has 0 aliphatic carbocycles. The Morgan fingerprint density at radius 2 is 1.62 bits per heavy atom. The van der Waals surface area contributed by atoms with Crippen molar-refractivity contribution < 1.29 is 27.2 Å². The number of sulfonamides is 1. The van der Waals surface area contributed by atoms with Crippen molar-refractivity contribution in [3.05, 3.63) is 114 Å². The van der Waals surface area contributed by atoms with Gasteiger partial charge in [-0.05, 0) is 60.5 Å². The second-order valence-electron chi connectivity index (χ2n) is 8.67. The molecule has 1 heterocycles. The predicted octanol–water partition coefficient (Wildman–Crippen LogP) is 3.97. The zero-order chi connectivity index (χ0) is 27.8. The van der Waals surface area contributed by atoms with Crippen LogP contribution in [0.4, 0.5) is 5.69 Å². The van der Waals surface area contributed by atoms with E-state index in [0.29, 0.717) is 11.4 Å². The van der Waals surface area contributed by atoms with E-state index in [2.05, 4.69) is 10.0 Å². The molecule has 39 heavy (non-hydrogen) atoms. The molecular formula is C29H29N3O6S. The lowest BCUT2D eigenvalue weighted by atomic mass is 10.1. The molecule has 1 aromatic heterocycles. The highest BCUT2D eigenvalue weighted by molar-refractivity contribution is 7.89. The lowest BCUT2D eigenvalue weighted by Crippen LogP contribution is -2.47. The largest absolute Gasteiger partial charge is 0.497 e. The van der Waals surface area contributed by atoms with E-state index in [9.17, 15) is 18.0 Å². The minimum atomic E-state index is -3.96. The first kappa shape index (κ1) is 27.6. The number of carbonyl (C=O) groups excluding carboxylic acids is 2. The number of rotatable bonds is 11. The first-order valence-corrected chi connectivity index (χ1v) is 13.6. The zero-order valence-electron chi connectivity index (χ0n) is 21.5. The molecule has 0 aliphatic heterocycles. The van der Waals surface area contributed by atoms with Gasteiger partial charge in [0, 0.05) is 12.2 Å². The molecular weight excluding hydrogens is 518 g/mol. The second-order valence-corrected chi connectivity index (χ2v) is 10.4. The van der Waals surface area contributed by atoms with Crippen molar-refractivity contribution in [1.29, 1.82) is 0 Å². The molecule has 4 rings (SSSR count). The number of benzene rings is 3. The summed E-state index contributed by atoms with van der Waals surface area (Å²) in [6, 6.07) is 24.0. The van der Waals surface area contributed by atoms with Crippen molar-refractivity contribution in [2.45, 2.75) is 24.4 Å². The summed E-state index contributed by atoms with van der Waals surface area (Å²) in [5, 5.41) is 2.88. The lowest BCUT2D eigenvalue weighted by Gasteiger charge is -2.31. The van der Waals surface area contributed by atoms with Crippen LogP contribution in [0.1, 0.15) is 22.9 Å². The first-order valence-electron chi connectivity index (χ1n) is 12.2. The summed E-state index contributed by atoms with van der Waals surface area (Å²) in [6.07, 6.45) is 1.41. The van der Waals surface area contributed by atoms with Crippen LogP contribution in [-0.2, 0) is 26.2 Å². The van der Waals surface area contributed by atoms with Crippen LogP contribution in [0.25, 0.3) is 0 Å². The number of methoxy groups -OCH3 is 1. The molecule has 4 aromatic rings. The summed E-state index contributed by atoms with van der Waals surface area (Å²) in [4.78, 5) is 28.7. The minimum Gasteiger partial charge on any atom is -0.497 e. The summed E-state index contributed by atoms with van der Waals surface area (Å²) in [6.45, 7) is 1.42. The molecule has 3 aromatic carbocycles. The molecule has 0 saturated carbocycles. The first-order chi connectivity index (χ1) is 18.8. The van der Waals surface area contributed by atoms with E-state index in [1.165, 1.54) is 23.3 Å². The number of carbonyl (C=O) groups is 2. The Labute approximate surface area is 227 Å². The average Bonchev–Trinajstić information content (AvgIpc) is 3.49. The minimum absolute atomic E-state index is 0.0278. The number of aryl methyl sites for hydroxylation is 1. The smallest absolute Gasteiger partial charge is 0.251 e. The lowest BCUT2D eigenvalue weighted by molar-refractivity contribution is -0.126. The summed E-state index contributed by atoms with van der Waals surface area (Å²) in [5.74, 6) is -0.217. The molecule has 0 fully saturated rings. The number of ether oxygens (including phenoxy) is 1. The van der Waals surface area contributed by atoms with Crippen molar-refractivity contribution in [3.63, 3.8) is 0 Å². The van der Waals surface area contributed by atoms with Gasteiger partial charge in [-0.1, -0.05) is 48.5 Å². The SMILES string of the molecule is COc1ccc(CNC(=O)[C@@H](c2ccco2)N(C(=O)CNS(=O)(=O)c2ccccc2)c2ccccc2C)cc1. The Balaban J connectivity index is 1.64. The number of nitrogens with one attached hydrogen (secondary N) is 2. The van der Waals surface area contributed by atoms with Crippen molar-refractivity contribution in [2.24, 2.45) is 0 Å². The Morgan fingerprint density at radius 1 is 0.923 bits per heavy atom. The quantitative estimate of drug-likeness (QED) is 0.294. The van der Waals surface area contributed by atoms with E-state index in [4.69, 9.17) is 9.15 Å². The van der Waals surface area contributed by atoms with Gasteiger partial charge in [-0.15, -0.1) is 0 Å². The van der Waals surface area contributed by atoms with Gasteiger partial charge < -0.3 is 14.5 Å². The normalized spacial score (nSPS) is 11.9. The Bertz CT molecular complexity index is 1500. The van der Waals surface area contributed by atoms with Crippen molar-refractivity contribution in [2.75, 3.05) is 18.6 Å². The fourth-order valence-electron chi connectivity index (χ4n) is 4.03. The molecule has 0 saturated heterocycles. The topological polar surface area (TPSA) is 118 Å². The van der Waals surface area contributed by atoms with Gasteiger partial charge in [0.2, 0.25) is 15.9 Å². The molecule has 0 spiro atoms. The molecule has 2 amide bonds. The number of amides is 2. The van der Waals surface area contributed by atoms with Crippen LogP contribution in [0.2, 0.25) is 0 Å². The standard InChI is InChI=1S/C29H29N3O6S/c1-21-9-6-7-12-25(21)32(27(33)20-31-39(35,36)24-10-4-3-5-11-24)28(26-13-8-18-38-26)29(34)30-19-22-14-16-23(37-2)17-15-22/h3-18,28,31H,19-20H2,1-2H3,(H,30,34)/t28-/m1/s1. The van der Waals surface area contributed by atoms with E-state index in [1.807, 2.05) is 18.2 Å². The fraction of sp³-hybridized carbons (Fsp3) is 0.172. The van der Waals surface area contributed by atoms with Crippen molar-refractivity contribution in [1.82, 2.24) is 10.0 Å². The third-order valence-electron chi connectivity index (χ3n) is 6.06. The summed E-state index contributed by atoms with van der Waals surface area (Å²) >= 11 is 0. The van der Waals surface area contributed by atoms with Gasteiger partial charge in [0.15, 0.2) is 6.04 Å². The van der Waals surface area contributed by atoms with Crippen LogP contribution in [0.3, 0.4) is 0 Å². The summed E-state index contributed by atoms with van der Waals surface area (Å²) < 4.78 is 38.8. The number of hydrogen-bond donors (Lipinski definition) is 2. The Morgan fingerprint density at radius 3 is 2.26 bits per heavy atom. The van der Waals surface area contributed by atoms with Crippen LogP contribution < -0.4 is 19.7 Å². The fourth-order valence-corrected chi connectivity index (χ4v) is 5.02. The summed E-state index contributed by atoms with van der Waals surface area (Å²) in [5.41, 5.74) is 1.99. The van der Waals surface area contributed by atoms with Gasteiger partial charge >= 0.3 is 0 Å². The van der Waals surface area contributed by atoms with E-state index in [1.54, 1.807) is 74.7 Å². The Hall–Kier alpha value is -4.41. The maximum Gasteiger partial charge on any atom is 0.251 e. The van der Waals surface area contributed by atoms with Gasteiger partial charge in [-0.3, -0.25) is 14.5 Å². The van der Waals surface area contributed by atoms with Gasteiger partial charge in [0.25, 0.3) is 5.91 Å². The molecule has 9 nitrogen and oxygen atoms in total. The number of furan rings is 1. The van der Waals surface area contributed by atoms with E-state index in [-0.39, 0.29) is 17.2 Å². The molecule has 10 heteroatoms. The molecule has 2 N–H and O–H groups in total. The highest BCUT2D eigenvalue weighted by atomic mass is 32.2. The predicted molar refractivity (Wildman–Crippen MR) is 147 cm³/mol. The van der Waals surface area contributed by atoms with E-state index in [0.717, 1.165) is 11.1 Å². The molecule has 0 aliphatic rings. The van der Waals surface area contributed by atoms with Gasteiger partial charge in [0.1, 0.15) is 11.5 Å². The van der Waals surface area contributed by atoms with Crippen LogP contribution in [-0.4, -0.2) is 33.9 Å². The average molecular weight is 548 g/mol. The van der Waals surface area contributed by atoms with Crippen LogP contribution in [0, 0.1) is 6.92 Å². The molecule has 1 atom stereocenters. The second kappa shape index (κ2) is 12.4.